The van der Waals surface area contributed by atoms with Gasteiger partial charge in [0, 0.05) is 0 Å². The highest BCUT2D eigenvalue weighted by Gasteiger charge is 2.09. The van der Waals surface area contributed by atoms with E-state index >= 15 is 0 Å². The van der Waals surface area contributed by atoms with Gasteiger partial charge in [0.25, 0.3) is 0 Å². The number of hydrogen-bond acceptors (Lipinski definition) is 3. The standard InChI is InChI=1S/C9H18N2O2/c1-3-4-5-11(6-8(2)12)7-9(10)13/h3-7H2,1-2H3,(H2,10,13). The Morgan fingerprint density at radius 1 is 1.31 bits per heavy atom. The first-order valence-corrected chi connectivity index (χ1v) is 4.56. The third kappa shape index (κ3) is 7.46. The Kier molecular flexibility index (Phi) is 6.14. The highest BCUT2D eigenvalue weighted by molar-refractivity contribution is 5.80. The minimum absolute atomic E-state index is 0.0670. The van der Waals surface area contributed by atoms with Crippen LogP contribution in [-0.4, -0.2) is 36.2 Å². The predicted octanol–water partition coefficient (Wildman–Crippen LogP) is 0.163. The van der Waals surface area contributed by atoms with Crippen LogP contribution < -0.4 is 5.73 Å². The first kappa shape index (κ1) is 12.1. The summed E-state index contributed by atoms with van der Waals surface area (Å²) in [6.45, 7) is 4.84. The molecule has 13 heavy (non-hydrogen) atoms. The van der Waals surface area contributed by atoms with Gasteiger partial charge in [0.15, 0.2) is 0 Å². The summed E-state index contributed by atoms with van der Waals surface area (Å²) in [4.78, 5) is 23.2. The summed E-state index contributed by atoms with van der Waals surface area (Å²) in [5, 5.41) is 0. The topological polar surface area (TPSA) is 63.4 Å². The molecule has 0 spiro atoms. The lowest BCUT2D eigenvalue weighted by molar-refractivity contribution is -0.121. The molecule has 0 atom stereocenters. The van der Waals surface area contributed by atoms with Gasteiger partial charge in [-0.25, -0.2) is 0 Å². The van der Waals surface area contributed by atoms with Crippen LogP contribution in [0.3, 0.4) is 0 Å². The summed E-state index contributed by atoms with van der Waals surface area (Å²) in [6, 6.07) is 0. The number of unbranched alkanes of at least 4 members (excludes halogenated alkanes) is 1. The number of primary amides is 1. The van der Waals surface area contributed by atoms with Gasteiger partial charge in [-0.1, -0.05) is 13.3 Å². The minimum atomic E-state index is -0.377. The second kappa shape index (κ2) is 6.60. The van der Waals surface area contributed by atoms with Gasteiger partial charge in [0.05, 0.1) is 13.1 Å². The molecule has 4 nitrogen and oxygen atoms in total. The fraction of sp³-hybridized carbons (Fsp3) is 0.778. The van der Waals surface area contributed by atoms with Crippen molar-refractivity contribution in [2.45, 2.75) is 26.7 Å². The zero-order chi connectivity index (χ0) is 10.3. The zero-order valence-corrected chi connectivity index (χ0v) is 8.38. The average molecular weight is 186 g/mol. The highest BCUT2D eigenvalue weighted by atomic mass is 16.1. The molecule has 1 amide bonds. The fourth-order valence-electron chi connectivity index (χ4n) is 1.13. The van der Waals surface area contributed by atoms with E-state index in [1.807, 2.05) is 0 Å². The van der Waals surface area contributed by atoms with Crippen molar-refractivity contribution in [2.24, 2.45) is 5.73 Å². The summed E-state index contributed by atoms with van der Waals surface area (Å²) in [7, 11) is 0. The number of carbonyl (C=O) groups excluding carboxylic acids is 2. The van der Waals surface area contributed by atoms with Gasteiger partial charge < -0.3 is 5.73 Å². The van der Waals surface area contributed by atoms with Crippen LogP contribution in [0.5, 0.6) is 0 Å². The Morgan fingerprint density at radius 2 is 1.92 bits per heavy atom. The van der Waals surface area contributed by atoms with E-state index in [1.165, 1.54) is 6.92 Å². The molecule has 0 fully saturated rings. The molecule has 2 N–H and O–H groups in total. The van der Waals surface area contributed by atoms with E-state index in [9.17, 15) is 9.59 Å². The van der Waals surface area contributed by atoms with Gasteiger partial charge in [-0.05, 0) is 19.9 Å². The molecule has 76 valence electrons. The van der Waals surface area contributed by atoms with Crippen LogP contribution in [0.25, 0.3) is 0 Å². The largest absolute Gasteiger partial charge is 0.369 e. The SMILES string of the molecule is CCCCN(CC(C)=O)CC(N)=O. The van der Waals surface area contributed by atoms with Gasteiger partial charge in [0.1, 0.15) is 5.78 Å². The Hall–Kier alpha value is -0.900. The van der Waals surface area contributed by atoms with Gasteiger partial charge in [-0.2, -0.15) is 0 Å². The molecule has 0 aliphatic carbocycles. The van der Waals surface area contributed by atoms with Crippen LogP contribution >= 0.6 is 0 Å². The first-order chi connectivity index (χ1) is 6.06. The van der Waals surface area contributed by atoms with Crippen LogP contribution in [0.15, 0.2) is 0 Å². The van der Waals surface area contributed by atoms with Gasteiger partial charge in [-0.3, -0.25) is 14.5 Å². The molecular formula is C9H18N2O2. The molecular weight excluding hydrogens is 168 g/mol. The molecule has 0 aliphatic rings. The number of carbonyl (C=O) groups is 2. The number of nitrogens with zero attached hydrogens (tertiary/aromatic N) is 1. The lowest BCUT2D eigenvalue weighted by Gasteiger charge is -2.18. The zero-order valence-electron chi connectivity index (χ0n) is 8.38. The lowest BCUT2D eigenvalue weighted by Crippen LogP contribution is -2.37. The molecule has 0 rings (SSSR count). The van der Waals surface area contributed by atoms with Crippen LogP contribution in [-0.2, 0) is 9.59 Å². The van der Waals surface area contributed by atoms with Crippen LogP contribution in [0.1, 0.15) is 26.7 Å². The lowest BCUT2D eigenvalue weighted by atomic mass is 10.3. The molecule has 0 saturated carbocycles. The molecule has 0 radical (unpaired) electrons. The van der Waals surface area contributed by atoms with E-state index in [4.69, 9.17) is 5.73 Å². The molecule has 0 aromatic rings. The molecule has 0 aromatic carbocycles. The Balaban J connectivity index is 3.87. The number of rotatable bonds is 7. The van der Waals surface area contributed by atoms with Crippen molar-refractivity contribution in [3.8, 4) is 0 Å². The second-order valence-corrected chi connectivity index (χ2v) is 3.23. The fourth-order valence-corrected chi connectivity index (χ4v) is 1.13. The summed E-state index contributed by atoms with van der Waals surface area (Å²) in [5.74, 6) is -0.310. The Labute approximate surface area is 79.1 Å². The van der Waals surface area contributed by atoms with E-state index in [0.29, 0.717) is 6.54 Å². The summed E-state index contributed by atoms with van der Waals surface area (Å²) in [6.07, 6.45) is 2.04. The van der Waals surface area contributed by atoms with Crippen molar-refractivity contribution in [2.75, 3.05) is 19.6 Å². The van der Waals surface area contributed by atoms with Crippen LogP contribution in [0, 0.1) is 0 Å². The maximum absolute atomic E-state index is 10.8. The van der Waals surface area contributed by atoms with Crippen molar-refractivity contribution in [3.63, 3.8) is 0 Å². The van der Waals surface area contributed by atoms with Gasteiger partial charge in [0.2, 0.25) is 5.91 Å². The number of ketones is 1. The molecule has 0 heterocycles. The molecule has 0 aliphatic heterocycles. The maximum atomic E-state index is 10.8. The monoisotopic (exact) mass is 186 g/mol. The first-order valence-electron chi connectivity index (χ1n) is 4.56. The molecule has 0 saturated heterocycles. The van der Waals surface area contributed by atoms with Crippen molar-refractivity contribution in [3.05, 3.63) is 0 Å². The molecule has 4 heteroatoms. The van der Waals surface area contributed by atoms with E-state index < -0.39 is 0 Å². The van der Waals surface area contributed by atoms with E-state index in [1.54, 1.807) is 4.90 Å². The number of Topliss-reactive ketones (excluding diaryl/α,β-unsaturated/α-hetero) is 1. The Morgan fingerprint density at radius 3 is 2.31 bits per heavy atom. The minimum Gasteiger partial charge on any atom is -0.369 e. The van der Waals surface area contributed by atoms with Gasteiger partial charge >= 0.3 is 0 Å². The summed E-state index contributed by atoms with van der Waals surface area (Å²) >= 11 is 0. The smallest absolute Gasteiger partial charge is 0.231 e. The van der Waals surface area contributed by atoms with Gasteiger partial charge in [-0.15, -0.1) is 0 Å². The highest BCUT2D eigenvalue weighted by Crippen LogP contribution is 1.94. The third-order valence-electron chi connectivity index (χ3n) is 1.65. The number of amides is 1. The second-order valence-electron chi connectivity index (χ2n) is 3.23. The molecule has 0 aromatic heterocycles. The number of hydrogen-bond donors (Lipinski definition) is 1. The summed E-state index contributed by atoms with van der Waals surface area (Å²) < 4.78 is 0. The predicted molar refractivity (Wildman–Crippen MR) is 51.2 cm³/mol. The van der Waals surface area contributed by atoms with Crippen molar-refractivity contribution < 1.29 is 9.59 Å². The van der Waals surface area contributed by atoms with Crippen molar-refractivity contribution in [1.29, 1.82) is 0 Å². The van der Waals surface area contributed by atoms with Crippen LogP contribution in [0.4, 0.5) is 0 Å². The Bertz CT molecular complexity index is 164. The average Bonchev–Trinajstić information content (AvgIpc) is 1.98. The third-order valence-corrected chi connectivity index (χ3v) is 1.65. The van der Waals surface area contributed by atoms with E-state index in [0.717, 1.165) is 19.4 Å². The quantitative estimate of drug-likeness (QED) is 0.616. The van der Waals surface area contributed by atoms with Crippen LogP contribution in [0.2, 0.25) is 0 Å². The summed E-state index contributed by atoms with van der Waals surface area (Å²) in [5.41, 5.74) is 5.05. The number of nitrogens with two attached hydrogens (primary N) is 1. The maximum Gasteiger partial charge on any atom is 0.231 e. The van der Waals surface area contributed by atoms with Crippen molar-refractivity contribution in [1.82, 2.24) is 4.90 Å². The molecule has 0 bridgehead atoms. The normalized spacial score (nSPS) is 10.4. The van der Waals surface area contributed by atoms with E-state index in [2.05, 4.69) is 6.92 Å². The van der Waals surface area contributed by atoms with E-state index in [-0.39, 0.29) is 18.2 Å². The van der Waals surface area contributed by atoms with Crippen molar-refractivity contribution >= 4 is 11.7 Å². The molecule has 0 unspecified atom stereocenters.